The molecule has 1 unspecified atom stereocenters. The fourth-order valence-electron chi connectivity index (χ4n) is 2.22. The third kappa shape index (κ3) is 2.80. The van der Waals surface area contributed by atoms with E-state index in [1.165, 1.54) is 11.3 Å². The van der Waals surface area contributed by atoms with Crippen LogP contribution in [-0.2, 0) is 10.0 Å². The fraction of sp³-hybridized carbons (Fsp3) is 0.636. The Kier molecular flexibility index (Phi) is 4.48. The molecule has 2 heterocycles. The molecule has 0 bridgehead atoms. The molecule has 0 amide bonds. The largest absolute Gasteiger partial charge is 0.316 e. The van der Waals surface area contributed by atoms with Gasteiger partial charge in [0.1, 0.15) is 0 Å². The number of thiophene rings is 1. The van der Waals surface area contributed by atoms with Gasteiger partial charge >= 0.3 is 0 Å². The van der Waals surface area contributed by atoms with Gasteiger partial charge in [-0.25, -0.2) is 8.42 Å². The lowest BCUT2D eigenvalue weighted by molar-refractivity contribution is 0.293. The molecule has 0 aliphatic carbocycles. The van der Waals surface area contributed by atoms with Gasteiger partial charge in [0.15, 0.2) is 0 Å². The zero-order valence-electron chi connectivity index (χ0n) is 10.4. The number of likely N-dealkylation sites (N-methyl/N-ethyl adjacent to an activating group) is 1. The van der Waals surface area contributed by atoms with E-state index in [1.54, 1.807) is 10.4 Å². The van der Waals surface area contributed by atoms with Crippen LogP contribution in [0.2, 0.25) is 0 Å². The molecule has 1 aliphatic heterocycles. The quantitative estimate of drug-likeness (QED) is 0.906. The summed E-state index contributed by atoms with van der Waals surface area (Å²) in [5, 5.41) is 3.16. The van der Waals surface area contributed by atoms with Gasteiger partial charge in [-0.1, -0.05) is 0 Å². The highest BCUT2D eigenvalue weighted by atomic mass is 79.9. The molecule has 0 radical (unpaired) electrons. The second kappa shape index (κ2) is 5.58. The van der Waals surface area contributed by atoms with Gasteiger partial charge in [-0.2, -0.15) is 4.31 Å². The number of nitrogens with one attached hydrogen (secondary N) is 1. The van der Waals surface area contributed by atoms with Gasteiger partial charge in [-0.15, -0.1) is 11.3 Å². The predicted molar refractivity (Wildman–Crippen MR) is 77.6 cm³/mol. The Bertz CT molecular complexity index is 527. The Balaban J connectivity index is 2.28. The maximum atomic E-state index is 12.6. The van der Waals surface area contributed by atoms with E-state index in [9.17, 15) is 8.42 Å². The van der Waals surface area contributed by atoms with E-state index in [4.69, 9.17) is 0 Å². The van der Waals surface area contributed by atoms with Gasteiger partial charge in [0.2, 0.25) is 10.0 Å². The van der Waals surface area contributed by atoms with Crippen LogP contribution in [0.4, 0.5) is 0 Å². The second-order valence-electron chi connectivity index (χ2n) is 4.46. The van der Waals surface area contributed by atoms with E-state index in [2.05, 4.69) is 21.2 Å². The number of piperidine rings is 1. The normalized spacial score (nSPS) is 22.3. The summed E-state index contributed by atoms with van der Waals surface area (Å²) in [6, 6.07) is 1.97. The van der Waals surface area contributed by atoms with Crippen molar-refractivity contribution in [3.63, 3.8) is 0 Å². The molecule has 1 fully saturated rings. The summed E-state index contributed by atoms with van der Waals surface area (Å²) >= 11 is 4.81. The van der Waals surface area contributed by atoms with Crippen LogP contribution in [0.25, 0.3) is 0 Å². The van der Waals surface area contributed by atoms with Gasteiger partial charge in [-0.3, -0.25) is 0 Å². The Labute approximate surface area is 121 Å². The van der Waals surface area contributed by atoms with Crippen LogP contribution in [0.15, 0.2) is 14.7 Å². The van der Waals surface area contributed by atoms with Crippen molar-refractivity contribution in [1.29, 1.82) is 0 Å². The molecule has 1 aromatic heterocycles. The molecule has 2 rings (SSSR count). The van der Waals surface area contributed by atoms with Crippen molar-refractivity contribution in [3.8, 4) is 0 Å². The molecule has 102 valence electrons. The third-order valence-corrected chi connectivity index (χ3v) is 6.93. The number of nitrogens with zero attached hydrogens (tertiary/aromatic N) is 1. The molecule has 0 aromatic carbocycles. The Morgan fingerprint density at radius 1 is 1.56 bits per heavy atom. The zero-order chi connectivity index (χ0) is 13.3. The van der Waals surface area contributed by atoms with Crippen molar-refractivity contribution < 1.29 is 8.42 Å². The van der Waals surface area contributed by atoms with E-state index in [-0.39, 0.29) is 6.04 Å². The van der Waals surface area contributed by atoms with Crippen LogP contribution in [0.5, 0.6) is 0 Å². The molecule has 1 aliphatic rings. The average Bonchev–Trinajstić information content (AvgIpc) is 2.69. The number of aryl methyl sites for hydroxylation is 1. The first-order valence-corrected chi connectivity index (χ1v) is 8.93. The van der Waals surface area contributed by atoms with E-state index < -0.39 is 10.0 Å². The molecule has 1 atom stereocenters. The highest BCUT2D eigenvalue weighted by Gasteiger charge is 2.31. The summed E-state index contributed by atoms with van der Waals surface area (Å²) in [5.74, 6) is 0. The molecule has 0 spiro atoms. The summed E-state index contributed by atoms with van der Waals surface area (Å²) in [6.45, 7) is 3.03. The zero-order valence-corrected chi connectivity index (χ0v) is 13.7. The van der Waals surface area contributed by atoms with E-state index >= 15 is 0 Å². The fourth-order valence-corrected chi connectivity index (χ4v) is 6.13. The smallest absolute Gasteiger partial charge is 0.244 e. The van der Waals surface area contributed by atoms with E-state index in [0.717, 1.165) is 21.5 Å². The number of rotatable bonds is 3. The molecule has 0 saturated carbocycles. The summed E-state index contributed by atoms with van der Waals surface area (Å²) in [5.41, 5.74) is 0. The van der Waals surface area contributed by atoms with Gasteiger partial charge < -0.3 is 5.32 Å². The summed E-state index contributed by atoms with van der Waals surface area (Å²) in [7, 11) is -1.46. The van der Waals surface area contributed by atoms with Crippen LogP contribution in [0, 0.1) is 6.92 Å². The van der Waals surface area contributed by atoms with Crippen LogP contribution in [0.3, 0.4) is 0 Å². The summed E-state index contributed by atoms with van der Waals surface area (Å²) in [4.78, 5) is 1.28. The first-order chi connectivity index (χ1) is 8.45. The monoisotopic (exact) mass is 352 g/mol. The predicted octanol–water partition coefficient (Wildman–Crippen LogP) is 2.19. The van der Waals surface area contributed by atoms with Crippen LogP contribution < -0.4 is 5.32 Å². The van der Waals surface area contributed by atoms with Crippen molar-refractivity contribution in [2.75, 3.05) is 20.1 Å². The molecule has 1 aromatic rings. The summed E-state index contributed by atoms with van der Waals surface area (Å²) < 4.78 is 27.6. The Morgan fingerprint density at radius 2 is 2.28 bits per heavy atom. The Morgan fingerprint density at radius 3 is 2.83 bits per heavy atom. The first kappa shape index (κ1) is 14.5. The number of hydrogen-bond donors (Lipinski definition) is 1. The lowest BCUT2D eigenvalue weighted by atomic mass is 10.1. The van der Waals surface area contributed by atoms with Crippen molar-refractivity contribution in [2.45, 2.75) is 30.7 Å². The average molecular weight is 353 g/mol. The van der Waals surface area contributed by atoms with E-state index in [0.29, 0.717) is 18.0 Å². The summed E-state index contributed by atoms with van der Waals surface area (Å²) in [6.07, 6.45) is 1.95. The minimum Gasteiger partial charge on any atom is -0.316 e. The molecule has 18 heavy (non-hydrogen) atoms. The van der Waals surface area contributed by atoms with Crippen molar-refractivity contribution >= 4 is 37.3 Å². The number of halogens is 1. The van der Waals surface area contributed by atoms with Gasteiger partial charge in [0.05, 0.1) is 8.68 Å². The molecular formula is C11H17BrN2O2S2. The van der Waals surface area contributed by atoms with Gasteiger partial charge in [0.25, 0.3) is 0 Å². The highest BCUT2D eigenvalue weighted by Crippen LogP contribution is 2.32. The minimum atomic E-state index is -3.34. The minimum absolute atomic E-state index is 0.260. The third-order valence-electron chi connectivity index (χ3n) is 3.25. The number of hydrogen-bond acceptors (Lipinski definition) is 4. The first-order valence-electron chi connectivity index (χ1n) is 5.88. The van der Waals surface area contributed by atoms with Crippen LogP contribution in [0.1, 0.15) is 17.7 Å². The highest BCUT2D eigenvalue weighted by molar-refractivity contribution is 9.11. The molecule has 7 heteroatoms. The lowest BCUT2D eigenvalue weighted by Gasteiger charge is -2.31. The Hall–Kier alpha value is 0.0500. The second-order valence-corrected chi connectivity index (χ2v) is 9.00. The van der Waals surface area contributed by atoms with Gasteiger partial charge in [0, 0.05) is 24.0 Å². The van der Waals surface area contributed by atoms with Crippen molar-refractivity contribution in [2.24, 2.45) is 0 Å². The molecule has 1 N–H and O–H groups in total. The lowest BCUT2D eigenvalue weighted by Crippen LogP contribution is -2.46. The molecule has 1 saturated heterocycles. The van der Waals surface area contributed by atoms with Crippen molar-refractivity contribution in [1.82, 2.24) is 9.62 Å². The maximum Gasteiger partial charge on any atom is 0.244 e. The van der Waals surface area contributed by atoms with Gasteiger partial charge in [-0.05, 0) is 48.8 Å². The van der Waals surface area contributed by atoms with Crippen molar-refractivity contribution in [3.05, 3.63) is 14.7 Å². The molecule has 4 nitrogen and oxygen atoms in total. The SMILES string of the molecule is CNC1CCCN(S(=O)(=O)c2cc(Br)sc2C)C1. The number of sulfonamides is 1. The van der Waals surface area contributed by atoms with E-state index in [1.807, 2.05) is 14.0 Å². The maximum absolute atomic E-state index is 12.6. The molecular weight excluding hydrogens is 336 g/mol. The van der Waals surface area contributed by atoms with Crippen LogP contribution >= 0.6 is 27.3 Å². The standard InChI is InChI=1S/C11H17BrN2O2S2/c1-8-10(6-11(12)17-8)18(15,16)14-5-3-4-9(7-14)13-2/h6,9,13H,3-5,7H2,1-2H3. The van der Waals surface area contributed by atoms with Crippen LogP contribution in [-0.4, -0.2) is 38.9 Å². The topological polar surface area (TPSA) is 49.4 Å².